The Hall–Kier alpha value is -1.49. The zero-order valence-electron chi connectivity index (χ0n) is 12.5. The molecule has 1 aliphatic rings. The second-order valence-electron chi connectivity index (χ2n) is 5.59. The Morgan fingerprint density at radius 1 is 1.24 bits per heavy atom. The topological polar surface area (TPSA) is 34.6 Å². The van der Waals surface area contributed by atoms with E-state index >= 15 is 0 Å². The van der Waals surface area contributed by atoms with Crippen LogP contribution in [0, 0.1) is 0 Å². The fourth-order valence-electron chi connectivity index (χ4n) is 2.73. The summed E-state index contributed by atoms with van der Waals surface area (Å²) >= 11 is 0. The maximum Gasteiger partial charge on any atom is 0.0821 e. The van der Waals surface area contributed by atoms with Gasteiger partial charge in [-0.25, -0.2) is 0 Å². The smallest absolute Gasteiger partial charge is 0.0821 e. The molecule has 1 atom stereocenters. The van der Waals surface area contributed by atoms with E-state index in [2.05, 4.69) is 41.2 Å². The summed E-state index contributed by atoms with van der Waals surface area (Å²) in [7, 11) is 2.14. The summed E-state index contributed by atoms with van der Waals surface area (Å²) < 4.78 is 11.1. The molecular weight excluding hydrogens is 264 g/mol. The molecule has 3 rings (SSSR count). The largest absolute Gasteiger partial charge is 0.376 e. The average Bonchev–Trinajstić information content (AvgIpc) is 2.54. The molecule has 0 radical (unpaired) electrons. The number of ether oxygens (including phenoxy) is 2. The molecule has 2 heterocycles. The molecule has 1 unspecified atom stereocenters. The van der Waals surface area contributed by atoms with Crippen LogP contribution in [-0.4, -0.2) is 49.4 Å². The SMILES string of the molecule is CN(CCC1COCCO1)Cc1cccc2cccnc12. The van der Waals surface area contributed by atoms with Gasteiger partial charge in [-0.2, -0.15) is 0 Å². The lowest BCUT2D eigenvalue weighted by Crippen LogP contribution is -2.32. The number of fused-ring (bicyclic) bond motifs is 1. The van der Waals surface area contributed by atoms with E-state index in [0.29, 0.717) is 0 Å². The average molecular weight is 286 g/mol. The van der Waals surface area contributed by atoms with Crippen molar-refractivity contribution in [1.82, 2.24) is 9.88 Å². The quantitative estimate of drug-likeness (QED) is 0.846. The molecule has 4 heteroatoms. The van der Waals surface area contributed by atoms with Gasteiger partial charge in [0.1, 0.15) is 0 Å². The predicted molar refractivity (Wildman–Crippen MR) is 83.3 cm³/mol. The van der Waals surface area contributed by atoms with Gasteiger partial charge in [-0.15, -0.1) is 0 Å². The first-order valence-electron chi connectivity index (χ1n) is 7.53. The number of hydrogen-bond acceptors (Lipinski definition) is 4. The third kappa shape index (κ3) is 3.79. The van der Waals surface area contributed by atoms with E-state index in [4.69, 9.17) is 9.47 Å². The Morgan fingerprint density at radius 3 is 3.00 bits per heavy atom. The molecule has 1 aromatic heterocycles. The van der Waals surface area contributed by atoms with Crippen molar-refractivity contribution in [3.8, 4) is 0 Å². The predicted octanol–water partition coefficient (Wildman–Crippen LogP) is 2.47. The summed E-state index contributed by atoms with van der Waals surface area (Å²) in [5.74, 6) is 0. The Bertz CT molecular complexity index is 577. The van der Waals surface area contributed by atoms with Crippen molar-refractivity contribution in [1.29, 1.82) is 0 Å². The first-order chi connectivity index (χ1) is 10.3. The summed E-state index contributed by atoms with van der Waals surface area (Å²) in [6.45, 7) is 4.08. The number of aromatic nitrogens is 1. The second kappa shape index (κ2) is 6.98. The van der Waals surface area contributed by atoms with Gasteiger partial charge in [0.15, 0.2) is 0 Å². The molecule has 21 heavy (non-hydrogen) atoms. The van der Waals surface area contributed by atoms with E-state index in [0.717, 1.165) is 44.8 Å². The van der Waals surface area contributed by atoms with E-state index in [1.165, 1.54) is 10.9 Å². The van der Waals surface area contributed by atoms with Crippen LogP contribution in [0.1, 0.15) is 12.0 Å². The van der Waals surface area contributed by atoms with Crippen LogP contribution in [0.25, 0.3) is 10.9 Å². The number of nitrogens with zero attached hydrogens (tertiary/aromatic N) is 2. The first kappa shape index (κ1) is 14.4. The zero-order valence-corrected chi connectivity index (χ0v) is 12.5. The summed E-state index contributed by atoms with van der Waals surface area (Å²) in [6, 6.07) is 10.5. The van der Waals surface area contributed by atoms with E-state index in [1.807, 2.05) is 12.3 Å². The third-order valence-corrected chi connectivity index (χ3v) is 3.87. The Balaban J connectivity index is 1.59. The van der Waals surface area contributed by atoms with Crippen molar-refractivity contribution in [2.75, 3.05) is 33.4 Å². The van der Waals surface area contributed by atoms with Crippen LogP contribution >= 0.6 is 0 Å². The number of para-hydroxylation sites is 1. The van der Waals surface area contributed by atoms with Crippen molar-refractivity contribution in [2.24, 2.45) is 0 Å². The van der Waals surface area contributed by atoms with E-state index < -0.39 is 0 Å². The summed E-state index contributed by atoms with van der Waals surface area (Å²) in [5.41, 5.74) is 2.38. The molecule has 1 aliphatic heterocycles. The lowest BCUT2D eigenvalue weighted by molar-refractivity contribution is -0.0923. The number of hydrogen-bond donors (Lipinski definition) is 0. The number of pyridine rings is 1. The fourth-order valence-corrected chi connectivity index (χ4v) is 2.73. The fraction of sp³-hybridized carbons (Fsp3) is 0.471. The van der Waals surface area contributed by atoms with Crippen molar-refractivity contribution in [3.05, 3.63) is 42.1 Å². The normalized spacial score (nSPS) is 19.2. The molecule has 0 saturated carbocycles. The van der Waals surface area contributed by atoms with Crippen LogP contribution in [0.3, 0.4) is 0 Å². The monoisotopic (exact) mass is 286 g/mol. The van der Waals surface area contributed by atoms with Crippen molar-refractivity contribution in [3.63, 3.8) is 0 Å². The van der Waals surface area contributed by atoms with Gasteiger partial charge in [-0.3, -0.25) is 4.98 Å². The molecule has 1 aromatic carbocycles. The van der Waals surface area contributed by atoms with E-state index in [9.17, 15) is 0 Å². The van der Waals surface area contributed by atoms with Gasteiger partial charge in [0.2, 0.25) is 0 Å². The molecule has 0 amide bonds. The van der Waals surface area contributed by atoms with E-state index in [-0.39, 0.29) is 6.10 Å². The molecule has 2 aromatic rings. The summed E-state index contributed by atoms with van der Waals surface area (Å²) in [5, 5.41) is 1.20. The summed E-state index contributed by atoms with van der Waals surface area (Å²) in [6.07, 6.45) is 3.11. The Morgan fingerprint density at radius 2 is 2.14 bits per heavy atom. The first-order valence-corrected chi connectivity index (χ1v) is 7.53. The minimum Gasteiger partial charge on any atom is -0.376 e. The molecule has 0 spiro atoms. The molecule has 0 N–H and O–H groups in total. The van der Waals surface area contributed by atoms with Crippen LogP contribution in [0.5, 0.6) is 0 Å². The molecular formula is C17H22N2O2. The van der Waals surface area contributed by atoms with Crippen LogP contribution in [0.4, 0.5) is 0 Å². The maximum atomic E-state index is 5.68. The lowest BCUT2D eigenvalue weighted by Gasteiger charge is -2.25. The van der Waals surface area contributed by atoms with Gasteiger partial charge in [0.25, 0.3) is 0 Å². The minimum absolute atomic E-state index is 0.242. The molecule has 1 fully saturated rings. The Kier molecular flexibility index (Phi) is 4.80. The van der Waals surface area contributed by atoms with Crippen LogP contribution in [0.15, 0.2) is 36.5 Å². The molecule has 0 bridgehead atoms. The van der Waals surface area contributed by atoms with E-state index in [1.54, 1.807) is 0 Å². The van der Waals surface area contributed by atoms with Gasteiger partial charge in [0.05, 0.1) is 31.4 Å². The van der Waals surface area contributed by atoms with Crippen molar-refractivity contribution < 1.29 is 9.47 Å². The van der Waals surface area contributed by atoms with Crippen molar-refractivity contribution >= 4 is 10.9 Å². The number of benzene rings is 1. The zero-order chi connectivity index (χ0) is 14.5. The van der Waals surface area contributed by atoms with Crippen LogP contribution in [0.2, 0.25) is 0 Å². The lowest BCUT2D eigenvalue weighted by atomic mass is 10.1. The molecule has 1 saturated heterocycles. The van der Waals surface area contributed by atoms with Gasteiger partial charge < -0.3 is 14.4 Å². The standard InChI is InChI=1S/C17H22N2O2/c1-19(9-7-16-13-20-10-11-21-16)12-15-5-2-4-14-6-3-8-18-17(14)15/h2-6,8,16H,7,9-13H2,1H3. The summed E-state index contributed by atoms with van der Waals surface area (Å²) in [4.78, 5) is 6.83. The highest BCUT2D eigenvalue weighted by molar-refractivity contribution is 5.81. The molecule has 0 aliphatic carbocycles. The molecule has 112 valence electrons. The highest BCUT2D eigenvalue weighted by atomic mass is 16.6. The van der Waals surface area contributed by atoms with Crippen LogP contribution in [-0.2, 0) is 16.0 Å². The highest BCUT2D eigenvalue weighted by Gasteiger charge is 2.15. The van der Waals surface area contributed by atoms with Gasteiger partial charge >= 0.3 is 0 Å². The Labute approximate surface area is 125 Å². The van der Waals surface area contributed by atoms with Gasteiger partial charge in [-0.1, -0.05) is 24.3 Å². The van der Waals surface area contributed by atoms with Gasteiger partial charge in [-0.05, 0) is 25.1 Å². The minimum atomic E-state index is 0.242. The maximum absolute atomic E-state index is 5.68. The van der Waals surface area contributed by atoms with Crippen molar-refractivity contribution in [2.45, 2.75) is 19.1 Å². The second-order valence-corrected chi connectivity index (χ2v) is 5.59. The number of rotatable bonds is 5. The highest BCUT2D eigenvalue weighted by Crippen LogP contribution is 2.17. The van der Waals surface area contributed by atoms with Gasteiger partial charge in [0, 0.05) is 24.7 Å². The third-order valence-electron chi connectivity index (χ3n) is 3.87. The molecule has 4 nitrogen and oxygen atoms in total. The van der Waals surface area contributed by atoms with Crippen LogP contribution < -0.4 is 0 Å².